The van der Waals surface area contributed by atoms with Gasteiger partial charge in [0.05, 0.1) is 6.07 Å². The number of nitrogens with zero attached hydrogens (tertiary/aromatic N) is 2. The van der Waals surface area contributed by atoms with Crippen LogP contribution in [0.1, 0.15) is 6.92 Å². The molecular weight excluding hydrogens is 140 g/mol. The summed E-state index contributed by atoms with van der Waals surface area (Å²) in [6.07, 6.45) is 3.50. The van der Waals surface area contributed by atoms with Crippen molar-refractivity contribution in [1.29, 1.82) is 5.26 Å². The first kappa shape index (κ1) is 12.3. The second-order valence-electron chi connectivity index (χ2n) is 1.25. The molecule has 0 spiro atoms. The summed E-state index contributed by atoms with van der Waals surface area (Å²) in [6, 6.07) is 7.47. The molecule has 1 aromatic heterocycles. The van der Waals surface area contributed by atoms with E-state index in [4.69, 9.17) is 10.4 Å². The summed E-state index contributed by atoms with van der Waals surface area (Å²) in [5, 5.41) is 14.3. The zero-order valence-corrected chi connectivity index (χ0v) is 6.73. The molecule has 11 heavy (non-hydrogen) atoms. The van der Waals surface area contributed by atoms with Gasteiger partial charge in [-0.25, -0.2) is 0 Å². The summed E-state index contributed by atoms with van der Waals surface area (Å²) in [7, 11) is 1.00. The number of aliphatic hydroxyl groups excluding tert-OH is 1. The van der Waals surface area contributed by atoms with Crippen LogP contribution in [0.4, 0.5) is 0 Å². The first-order valence-electron chi connectivity index (χ1n) is 3.02. The second-order valence-corrected chi connectivity index (χ2v) is 1.25. The first-order chi connectivity index (χ1) is 5.41. The van der Waals surface area contributed by atoms with Gasteiger partial charge in [-0.05, 0) is 12.1 Å². The lowest BCUT2D eigenvalue weighted by atomic mass is 10.5. The van der Waals surface area contributed by atoms with E-state index >= 15 is 0 Å². The Balaban J connectivity index is 0. The van der Waals surface area contributed by atoms with Crippen LogP contribution >= 0.6 is 0 Å². The molecule has 3 nitrogen and oxygen atoms in total. The number of rotatable bonds is 0. The summed E-state index contributed by atoms with van der Waals surface area (Å²) in [5.74, 6) is 0. The Labute approximate surface area is 66.9 Å². The molecule has 60 valence electrons. The molecule has 0 aliphatic rings. The highest BCUT2D eigenvalue weighted by atomic mass is 16.2. The standard InChI is InChI=1S/C5H5N.C2H3N.CH4O/c1-2-4-6-5-3-1;1-2-3;1-2/h1-5H;1H3;2H,1H3. The minimum atomic E-state index is 1.00. The largest absolute Gasteiger partial charge is 0.400 e. The van der Waals surface area contributed by atoms with Crippen LogP contribution in [0, 0.1) is 11.3 Å². The SMILES string of the molecule is CC#N.CO.c1ccncc1. The third kappa shape index (κ3) is 17.7. The Morgan fingerprint density at radius 2 is 1.55 bits per heavy atom. The number of nitriles is 1. The first-order valence-corrected chi connectivity index (χ1v) is 3.02. The molecule has 0 saturated carbocycles. The summed E-state index contributed by atoms with van der Waals surface area (Å²) < 4.78 is 0. The van der Waals surface area contributed by atoms with E-state index in [0.29, 0.717) is 0 Å². The van der Waals surface area contributed by atoms with Crippen molar-refractivity contribution in [3.05, 3.63) is 30.6 Å². The van der Waals surface area contributed by atoms with Gasteiger partial charge in [0, 0.05) is 26.4 Å². The summed E-state index contributed by atoms with van der Waals surface area (Å²) >= 11 is 0. The van der Waals surface area contributed by atoms with Gasteiger partial charge < -0.3 is 5.11 Å². The number of aromatic nitrogens is 1. The van der Waals surface area contributed by atoms with Gasteiger partial charge in [-0.3, -0.25) is 4.98 Å². The Morgan fingerprint density at radius 3 is 1.64 bits per heavy atom. The minimum absolute atomic E-state index is 1.00. The van der Waals surface area contributed by atoms with Crippen LogP contribution in [-0.2, 0) is 0 Å². The van der Waals surface area contributed by atoms with Crippen LogP contribution in [0.15, 0.2) is 30.6 Å². The molecule has 0 aliphatic heterocycles. The van der Waals surface area contributed by atoms with E-state index in [1.165, 1.54) is 6.92 Å². The lowest BCUT2D eigenvalue weighted by Gasteiger charge is -1.70. The fraction of sp³-hybridized carbons (Fsp3) is 0.250. The zero-order chi connectivity index (χ0) is 8.95. The quantitative estimate of drug-likeness (QED) is 0.608. The van der Waals surface area contributed by atoms with Gasteiger partial charge in [0.15, 0.2) is 0 Å². The summed E-state index contributed by atoms with van der Waals surface area (Å²) in [5.41, 5.74) is 0. The molecule has 0 fully saturated rings. The topological polar surface area (TPSA) is 56.9 Å². The molecule has 0 saturated heterocycles. The fourth-order valence-electron chi connectivity index (χ4n) is 0.313. The maximum atomic E-state index is 7.32. The van der Waals surface area contributed by atoms with E-state index < -0.39 is 0 Å². The average molecular weight is 152 g/mol. The van der Waals surface area contributed by atoms with Gasteiger partial charge in [0.1, 0.15) is 0 Å². The molecule has 3 heteroatoms. The average Bonchev–Trinajstić information content (AvgIpc) is 2.12. The predicted molar refractivity (Wildman–Crippen MR) is 43.7 cm³/mol. The fourth-order valence-corrected chi connectivity index (χ4v) is 0.313. The molecule has 0 unspecified atom stereocenters. The minimum Gasteiger partial charge on any atom is -0.400 e. The molecule has 1 aromatic rings. The van der Waals surface area contributed by atoms with Gasteiger partial charge in [-0.1, -0.05) is 6.07 Å². The van der Waals surface area contributed by atoms with Crippen molar-refractivity contribution in [1.82, 2.24) is 4.98 Å². The van der Waals surface area contributed by atoms with Gasteiger partial charge >= 0.3 is 0 Å². The predicted octanol–water partition coefficient (Wildman–Crippen LogP) is 1.22. The van der Waals surface area contributed by atoms with Crippen molar-refractivity contribution < 1.29 is 5.11 Å². The molecule has 0 atom stereocenters. The van der Waals surface area contributed by atoms with Gasteiger partial charge in [-0.15, -0.1) is 0 Å². The molecule has 0 aromatic carbocycles. The van der Waals surface area contributed by atoms with E-state index in [1.807, 2.05) is 18.2 Å². The Kier molecular flexibility index (Phi) is 17.7. The molecule has 1 N–H and O–H groups in total. The van der Waals surface area contributed by atoms with Gasteiger partial charge in [-0.2, -0.15) is 5.26 Å². The Morgan fingerprint density at radius 1 is 1.18 bits per heavy atom. The molecule has 0 amide bonds. The van der Waals surface area contributed by atoms with Crippen molar-refractivity contribution in [3.8, 4) is 6.07 Å². The second kappa shape index (κ2) is 15.8. The normalized spacial score (nSPS) is 5.64. The number of pyridine rings is 1. The monoisotopic (exact) mass is 152 g/mol. The molecular formula is C8H12N2O. The van der Waals surface area contributed by atoms with E-state index in [2.05, 4.69) is 4.98 Å². The molecule has 1 heterocycles. The third-order valence-electron chi connectivity index (χ3n) is 0.566. The third-order valence-corrected chi connectivity index (χ3v) is 0.566. The van der Waals surface area contributed by atoms with Gasteiger partial charge in [0.25, 0.3) is 0 Å². The van der Waals surface area contributed by atoms with E-state index in [1.54, 1.807) is 18.5 Å². The van der Waals surface area contributed by atoms with Crippen LogP contribution < -0.4 is 0 Å². The lowest BCUT2D eigenvalue weighted by molar-refractivity contribution is 0.399. The lowest BCUT2D eigenvalue weighted by Crippen LogP contribution is -1.58. The van der Waals surface area contributed by atoms with Gasteiger partial charge in [0.2, 0.25) is 0 Å². The van der Waals surface area contributed by atoms with Crippen molar-refractivity contribution in [2.75, 3.05) is 7.11 Å². The van der Waals surface area contributed by atoms with Crippen LogP contribution in [0.2, 0.25) is 0 Å². The van der Waals surface area contributed by atoms with Crippen LogP contribution in [0.5, 0.6) is 0 Å². The highest BCUT2D eigenvalue weighted by Crippen LogP contribution is 1.73. The number of hydrogen-bond donors (Lipinski definition) is 1. The van der Waals surface area contributed by atoms with Crippen molar-refractivity contribution >= 4 is 0 Å². The maximum Gasteiger partial charge on any atom is 0.0587 e. The van der Waals surface area contributed by atoms with Crippen molar-refractivity contribution in [3.63, 3.8) is 0 Å². The number of aliphatic hydroxyl groups is 1. The smallest absolute Gasteiger partial charge is 0.0587 e. The van der Waals surface area contributed by atoms with Crippen LogP contribution in [-0.4, -0.2) is 17.2 Å². The molecule has 0 bridgehead atoms. The highest BCUT2D eigenvalue weighted by molar-refractivity contribution is 4.88. The van der Waals surface area contributed by atoms with Crippen molar-refractivity contribution in [2.24, 2.45) is 0 Å². The Bertz CT molecular complexity index is 142. The zero-order valence-electron chi connectivity index (χ0n) is 6.73. The number of hydrogen-bond acceptors (Lipinski definition) is 3. The maximum absolute atomic E-state index is 7.32. The molecule has 0 radical (unpaired) electrons. The van der Waals surface area contributed by atoms with Crippen molar-refractivity contribution in [2.45, 2.75) is 6.92 Å². The highest BCUT2D eigenvalue weighted by Gasteiger charge is 1.58. The van der Waals surface area contributed by atoms with E-state index in [0.717, 1.165) is 7.11 Å². The Hall–Kier alpha value is -1.40. The molecule has 0 aliphatic carbocycles. The summed E-state index contributed by atoms with van der Waals surface area (Å²) in [6.45, 7) is 1.43. The summed E-state index contributed by atoms with van der Waals surface area (Å²) in [4.78, 5) is 3.78. The van der Waals surface area contributed by atoms with E-state index in [-0.39, 0.29) is 0 Å². The van der Waals surface area contributed by atoms with Crippen LogP contribution in [0.3, 0.4) is 0 Å². The van der Waals surface area contributed by atoms with E-state index in [9.17, 15) is 0 Å². The van der Waals surface area contributed by atoms with Crippen LogP contribution in [0.25, 0.3) is 0 Å². The molecule has 1 rings (SSSR count).